The Kier molecular flexibility index (Phi) is 2.70. The summed E-state index contributed by atoms with van der Waals surface area (Å²) >= 11 is 0. The summed E-state index contributed by atoms with van der Waals surface area (Å²) in [5.74, 6) is 0.922. The smallest absolute Gasteiger partial charge is 0.0556 e. The molecule has 0 spiro atoms. The first kappa shape index (κ1) is 11.3. The zero-order chi connectivity index (χ0) is 12.7. The molecule has 0 radical (unpaired) electrons. The van der Waals surface area contributed by atoms with Gasteiger partial charge in [-0.25, -0.2) is 0 Å². The van der Waals surface area contributed by atoms with Crippen molar-refractivity contribution < 1.29 is 0 Å². The lowest BCUT2D eigenvalue weighted by Gasteiger charge is -2.17. The third-order valence-electron chi connectivity index (χ3n) is 4.35. The van der Waals surface area contributed by atoms with Crippen LogP contribution in [0.3, 0.4) is 0 Å². The van der Waals surface area contributed by atoms with Gasteiger partial charge < -0.3 is 9.88 Å². The largest absolute Gasteiger partial charge is 0.347 e. The van der Waals surface area contributed by atoms with E-state index in [1.54, 1.807) is 0 Å². The minimum absolute atomic E-state index is 0.922. The van der Waals surface area contributed by atoms with Crippen molar-refractivity contribution in [2.75, 3.05) is 13.1 Å². The van der Waals surface area contributed by atoms with Gasteiger partial charge in [-0.05, 0) is 43.4 Å². The quantitative estimate of drug-likeness (QED) is 0.885. The molecule has 2 heterocycles. The third-order valence-corrected chi connectivity index (χ3v) is 4.35. The highest BCUT2D eigenvalue weighted by molar-refractivity contribution is 5.92. The SMILES string of the molecule is C1=C(c2cccc3ccn(CC4CC4)c23)CCNC1. The molecule has 0 bridgehead atoms. The van der Waals surface area contributed by atoms with Crippen molar-refractivity contribution in [3.8, 4) is 0 Å². The zero-order valence-electron chi connectivity index (χ0n) is 11.2. The molecule has 1 aliphatic heterocycles. The molecule has 1 fully saturated rings. The van der Waals surface area contributed by atoms with Crippen LogP contribution in [0.1, 0.15) is 24.8 Å². The molecule has 2 aromatic rings. The highest BCUT2D eigenvalue weighted by Gasteiger charge is 2.23. The van der Waals surface area contributed by atoms with E-state index in [-0.39, 0.29) is 0 Å². The standard InChI is InChI=1S/C17H20N2/c1-2-15-8-11-19(12-13-4-5-13)17(15)16(3-1)14-6-9-18-10-7-14/h1-3,6,8,11,13,18H,4-5,7,9-10,12H2. The Hall–Kier alpha value is -1.54. The van der Waals surface area contributed by atoms with Gasteiger partial charge in [0.05, 0.1) is 5.52 Å². The summed E-state index contributed by atoms with van der Waals surface area (Å²) in [7, 11) is 0. The lowest BCUT2D eigenvalue weighted by Crippen LogP contribution is -2.20. The molecule has 0 unspecified atom stereocenters. The zero-order valence-corrected chi connectivity index (χ0v) is 11.2. The van der Waals surface area contributed by atoms with Crippen molar-refractivity contribution in [3.05, 3.63) is 42.1 Å². The second-order valence-corrected chi connectivity index (χ2v) is 5.84. The molecular formula is C17H20N2. The van der Waals surface area contributed by atoms with E-state index in [0.29, 0.717) is 0 Å². The van der Waals surface area contributed by atoms with Gasteiger partial charge in [0.25, 0.3) is 0 Å². The number of hydrogen-bond acceptors (Lipinski definition) is 1. The van der Waals surface area contributed by atoms with E-state index in [9.17, 15) is 0 Å². The molecule has 0 atom stereocenters. The molecule has 98 valence electrons. The van der Waals surface area contributed by atoms with Crippen LogP contribution in [-0.4, -0.2) is 17.7 Å². The van der Waals surface area contributed by atoms with Crippen LogP contribution >= 0.6 is 0 Å². The maximum Gasteiger partial charge on any atom is 0.0556 e. The fourth-order valence-electron chi connectivity index (χ4n) is 3.12. The van der Waals surface area contributed by atoms with Crippen LogP contribution in [0, 0.1) is 5.92 Å². The highest BCUT2D eigenvalue weighted by atomic mass is 15.0. The summed E-state index contributed by atoms with van der Waals surface area (Å²) in [6, 6.07) is 9.00. The Morgan fingerprint density at radius 1 is 1.21 bits per heavy atom. The van der Waals surface area contributed by atoms with Crippen LogP contribution in [0.25, 0.3) is 16.5 Å². The normalized spacial score (nSPS) is 19.7. The maximum absolute atomic E-state index is 3.40. The van der Waals surface area contributed by atoms with Crippen molar-refractivity contribution in [2.45, 2.75) is 25.8 Å². The molecular weight excluding hydrogens is 232 g/mol. The number of aromatic nitrogens is 1. The fraction of sp³-hybridized carbons (Fsp3) is 0.412. The number of fused-ring (bicyclic) bond motifs is 1. The van der Waals surface area contributed by atoms with Crippen molar-refractivity contribution in [2.24, 2.45) is 5.92 Å². The molecule has 19 heavy (non-hydrogen) atoms. The van der Waals surface area contributed by atoms with E-state index in [0.717, 1.165) is 25.4 Å². The first-order valence-electron chi connectivity index (χ1n) is 7.40. The van der Waals surface area contributed by atoms with Crippen molar-refractivity contribution in [3.63, 3.8) is 0 Å². The molecule has 1 aromatic carbocycles. The number of para-hydroxylation sites is 1. The molecule has 1 aromatic heterocycles. The second kappa shape index (κ2) is 4.53. The van der Waals surface area contributed by atoms with E-state index in [4.69, 9.17) is 0 Å². The monoisotopic (exact) mass is 252 g/mol. The van der Waals surface area contributed by atoms with Crippen LogP contribution in [0.15, 0.2) is 36.5 Å². The van der Waals surface area contributed by atoms with Gasteiger partial charge in [-0.1, -0.05) is 24.3 Å². The molecule has 2 heteroatoms. The Bertz CT molecular complexity index is 632. The number of rotatable bonds is 3. The average Bonchev–Trinajstić information content (AvgIpc) is 3.19. The summed E-state index contributed by atoms with van der Waals surface area (Å²) in [5, 5.41) is 4.79. The lowest BCUT2D eigenvalue weighted by atomic mass is 9.98. The summed E-state index contributed by atoms with van der Waals surface area (Å²) < 4.78 is 2.48. The summed E-state index contributed by atoms with van der Waals surface area (Å²) in [4.78, 5) is 0. The average molecular weight is 252 g/mol. The molecule has 1 saturated carbocycles. The Morgan fingerprint density at radius 2 is 2.16 bits per heavy atom. The minimum Gasteiger partial charge on any atom is -0.347 e. The third kappa shape index (κ3) is 2.10. The summed E-state index contributed by atoms with van der Waals surface area (Å²) in [6.45, 7) is 3.31. The number of nitrogens with zero attached hydrogens (tertiary/aromatic N) is 1. The lowest BCUT2D eigenvalue weighted by molar-refractivity contribution is 0.646. The Balaban J connectivity index is 1.83. The van der Waals surface area contributed by atoms with Crippen molar-refractivity contribution in [1.29, 1.82) is 0 Å². The molecule has 2 aliphatic rings. The number of benzene rings is 1. The minimum atomic E-state index is 0.922. The van der Waals surface area contributed by atoms with Gasteiger partial charge in [-0.15, -0.1) is 0 Å². The molecule has 0 saturated heterocycles. The molecule has 1 N–H and O–H groups in total. The van der Waals surface area contributed by atoms with Crippen LogP contribution in [0.4, 0.5) is 0 Å². The van der Waals surface area contributed by atoms with Gasteiger partial charge >= 0.3 is 0 Å². The van der Waals surface area contributed by atoms with Gasteiger partial charge in [0.15, 0.2) is 0 Å². The number of nitrogens with one attached hydrogen (secondary N) is 1. The van der Waals surface area contributed by atoms with E-state index in [1.807, 2.05) is 0 Å². The number of hydrogen-bond donors (Lipinski definition) is 1. The van der Waals surface area contributed by atoms with E-state index < -0.39 is 0 Å². The van der Waals surface area contributed by atoms with Crippen molar-refractivity contribution in [1.82, 2.24) is 9.88 Å². The Labute approximate surface area is 114 Å². The van der Waals surface area contributed by atoms with Crippen molar-refractivity contribution >= 4 is 16.5 Å². The first-order valence-corrected chi connectivity index (χ1v) is 7.40. The van der Waals surface area contributed by atoms with E-state index in [2.05, 4.69) is 46.4 Å². The van der Waals surface area contributed by atoms with Gasteiger partial charge in [-0.2, -0.15) is 0 Å². The maximum atomic E-state index is 3.40. The Morgan fingerprint density at radius 3 is 2.95 bits per heavy atom. The van der Waals surface area contributed by atoms with Gasteiger partial charge in [0.2, 0.25) is 0 Å². The van der Waals surface area contributed by atoms with Crippen LogP contribution in [0.2, 0.25) is 0 Å². The molecule has 0 amide bonds. The van der Waals surface area contributed by atoms with Gasteiger partial charge in [0, 0.05) is 30.2 Å². The van der Waals surface area contributed by atoms with E-state index in [1.165, 1.54) is 41.4 Å². The summed E-state index contributed by atoms with van der Waals surface area (Å²) in [5.41, 5.74) is 4.41. The second-order valence-electron chi connectivity index (χ2n) is 5.84. The van der Waals surface area contributed by atoms with Crippen LogP contribution in [0.5, 0.6) is 0 Å². The van der Waals surface area contributed by atoms with Crippen LogP contribution in [-0.2, 0) is 6.54 Å². The highest BCUT2D eigenvalue weighted by Crippen LogP contribution is 2.34. The predicted octanol–water partition coefficient (Wildman–Crippen LogP) is 3.43. The molecule has 1 aliphatic carbocycles. The molecule has 2 nitrogen and oxygen atoms in total. The first-order chi connectivity index (χ1) is 9.42. The van der Waals surface area contributed by atoms with Gasteiger partial charge in [0.1, 0.15) is 0 Å². The van der Waals surface area contributed by atoms with Gasteiger partial charge in [-0.3, -0.25) is 0 Å². The summed E-state index contributed by atoms with van der Waals surface area (Å²) in [6.07, 6.45) is 8.59. The predicted molar refractivity (Wildman–Crippen MR) is 80.1 cm³/mol. The van der Waals surface area contributed by atoms with Crippen LogP contribution < -0.4 is 5.32 Å². The van der Waals surface area contributed by atoms with E-state index >= 15 is 0 Å². The topological polar surface area (TPSA) is 17.0 Å². The molecule has 4 rings (SSSR count). The fourth-order valence-corrected chi connectivity index (χ4v) is 3.12.